The Morgan fingerprint density at radius 1 is 1.14 bits per heavy atom. The standard InChI is InChI=1S/C22H22N4O2/c1-14-13-23-20(27)10-11-26(14)22(28)17-7-5-6-16(12-17)21-18-8-3-4-9-19(18)24-15(2)25-21/h3-9,12,14H,10-11,13H2,1-2H3,(H,23,27)/t14-/m1/s1. The number of aromatic nitrogens is 2. The average molecular weight is 374 g/mol. The zero-order valence-corrected chi connectivity index (χ0v) is 16.0. The van der Waals surface area contributed by atoms with Crippen LogP contribution in [-0.2, 0) is 4.79 Å². The Balaban J connectivity index is 1.73. The van der Waals surface area contributed by atoms with Crippen molar-refractivity contribution in [2.24, 2.45) is 0 Å². The third kappa shape index (κ3) is 3.45. The smallest absolute Gasteiger partial charge is 0.254 e. The molecular formula is C22H22N4O2. The van der Waals surface area contributed by atoms with Crippen molar-refractivity contribution in [3.63, 3.8) is 0 Å². The molecule has 2 heterocycles. The van der Waals surface area contributed by atoms with E-state index in [0.717, 1.165) is 22.2 Å². The summed E-state index contributed by atoms with van der Waals surface area (Å²) in [6, 6.07) is 15.3. The Labute approximate surface area is 163 Å². The van der Waals surface area contributed by atoms with E-state index < -0.39 is 0 Å². The highest BCUT2D eigenvalue weighted by atomic mass is 16.2. The molecule has 1 saturated heterocycles. The second-order valence-corrected chi connectivity index (χ2v) is 7.12. The number of para-hydroxylation sites is 1. The van der Waals surface area contributed by atoms with E-state index in [1.54, 1.807) is 4.90 Å². The van der Waals surface area contributed by atoms with Crippen molar-refractivity contribution in [1.29, 1.82) is 0 Å². The lowest BCUT2D eigenvalue weighted by atomic mass is 10.0. The first-order valence-electron chi connectivity index (χ1n) is 9.44. The van der Waals surface area contributed by atoms with E-state index >= 15 is 0 Å². The summed E-state index contributed by atoms with van der Waals surface area (Å²) >= 11 is 0. The molecule has 0 saturated carbocycles. The van der Waals surface area contributed by atoms with Crippen LogP contribution in [0.3, 0.4) is 0 Å². The van der Waals surface area contributed by atoms with Gasteiger partial charge in [-0.1, -0.05) is 30.3 Å². The van der Waals surface area contributed by atoms with Gasteiger partial charge in [-0.3, -0.25) is 9.59 Å². The molecule has 1 fully saturated rings. The Bertz CT molecular complexity index is 1060. The van der Waals surface area contributed by atoms with Crippen LogP contribution < -0.4 is 5.32 Å². The van der Waals surface area contributed by atoms with Gasteiger partial charge in [-0.15, -0.1) is 0 Å². The molecule has 0 unspecified atom stereocenters. The first-order chi connectivity index (χ1) is 13.5. The van der Waals surface area contributed by atoms with Crippen molar-refractivity contribution in [2.45, 2.75) is 26.3 Å². The van der Waals surface area contributed by atoms with E-state index in [2.05, 4.69) is 15.3 Å². The van der Waals surface area contributed by atoms with Gasteiger partial charge in [-0.2, -0.15) is 0 Å². The van der Waals surface area contributed by atoms with Gasteiger partial charge in [0.25, 0.3) is 5.91 Å². The molecule has 28 heavy (non-hydrogen) atoms. The van der Waals surface area contributed by atoms with Crippen LogP contribution >= 0.6 is 0 Å². The minimum absolute atomic E-state index is 0.0150. The number of nitrogens with zero attached hydrogens (tertiary/aromatic N) is 3. The molecule has 6 heteroatoms. The molecule has 4 rings (SSSR count). The summed E-state index contributed by atoms with van der Waals surface area (Å²) in [4.78, 5) is 35.7. The maximum atomic E-state index is 13.1. The third-order valence-electron chi connectivity index (χ3n) is 5.07. The summed E-state index contributed by atoms with van der Waals surface area (Å²) in [6.07, 6.45) is 0.325. The van der Waals surface area contributed by atoms with Crippen molar-refractivity contribution in [3.8, 4) is 11.3 Å². The Hall–Kier alpha value is -3.28. The van der Waals surface area contributed by atoms with Crippen LogP contribution in [0.5, 0.6) is 0 Å². The van der Waals surface area contributed by atoms with E-state index in [0.29, 0.717) is 30.9 Å². The minimum Gasteiger partial charge on any atom is -0.354 e. The van der Waals surface area contributed by atoms with E-state index in [-0.39, 0.29) is 17.9 Å². The fourth-order valence-electron chi connectivity index (χ4n) is 3.58. The topological polar surface area (TPSA) is 75.2 Å². The predicted octanol–water partition coefficient (Wildman–Crippen LogP) is 2.96. The molecule has 0 aliphatic carbocycles. The predicted molar refractivity (Wildman–Crippen MR) is 108 cm³/mol. The number of benzene rings is 2. The number of hydrogen-bond donors (Lipinski definition) is 1. The van der Waals surface area contributed by atoms with Gasteiger partial charge in [-0.05, 0) is 32.0 Å². The van der Waals surface area contributed by atoms with Gasteiger partial charge in [-0.25, -0.2) is 9.97 Å². The van der Waals surface area contributed by atoms with Gasteiger partial charge in [0.15, 0.2) is 0 Å². The minimum atomic E-state index is -0.0686. The van der Waals surface area contributed by atoms with Crippen LogP contribution in [0.1, 0.15) is 29.5 Å². The van der Waals surface area contributed by atoms with Gasteiger partial charge < -0.3 is 10.2 Å². The summed E-state index contributed by atoms with van der Waals surface area (Å²) in [5.41, 5.74) is 3.18. The van der Waals surface area contributed by atoms with Gasteiger partial charge in [0.2, 0.25) is 5.91 Å². The van der Waals surface area contributed by atoms with Crippen LogP contribution in [0, 0.1) is 6.92 Å². The number of fused-ring (bicyclic) bond motifs is 1. The highest BCUT2D eigenvalue weighted by Crippen LogP contribution is 2.27. The third-order valence-corrected chi connectivity index (χ3v) is 5.07. The maximum absolute atomic E-state index is 13.1. The zero-order chi connectivity index (χ0) is 19.7. The highest BCUT2D eigenvalue weighted by Gasteiger charge is 2.25. The largest absolute Gasteiger partial charge is 0.354 e. The molecule has 1 N–H and O–H groups in total. The van der Waals surface area contributed by atoms with Crippen LogP contribution in [0.15, 0.2) is 48.5 Å². The Morgan fingerprint density at radius 2 is 1.96 bits per heavy atom. The number of carbonyl (C=O) groups excluding carboxylic acids is 2. The number of rotatable bonds is 2. The molecule has 6 nitrogen and oxygen atoms in total. The van der Waals surface area contributed by atoms with Crippen LogP contribution in [0.4, 0.5) is 0 Å². The summed E-state index contributed by atoms with van der Waals surface area (Å²) in [5, 5.41) is 3.80. The van der Waals surface area contributed by atoms with Crippen LogP contribution in [-0.4, -0.2) is 45.8 Å². The van der Waals surface area contributed by atoms with Crippen molar-refractivity contribution in [2.75, 3.05) is 13.1 Å². The molecule has 2 amide bonds. The lowest BCUT2D eigenvalue weighted by molar-refractivity contribution is -0.120. The summed E-state index contributed by atoms with van der Waals surface area (Å²) in [7, 11) is 0. The Morgan fingerprint density at radius 3 is 2.82 bits per heavy atom. The number of aryl methyl sites for hydroxylation is 1. The second-order valence-electron chi connectivity index (χ2n) is 7.12. The molecule has 1 atom stereocenters. The van der Waals surface area contributed by atoms with Gasteiger partial charge in [0.1, 0.15) is 5.82 Å². The van der Waals surface area contributed by atoms with Crippen LogP contribution in [0.25, 0.3) is 22.2 Å². The first-order valence-corrected chi connectivity index (χ1v) is 9.44. The number of hydrogen-bond acceptors (Lipinski definition) is 4. The number of nitrogens with one attached hydrogen (secondary N) is 1. The monoisotopic (exact) mass is 374 g/mol. The molecule has 1 aromatic heterocycles. The SMILES string of the molecule is Cc1nc(-c2cccc(C(=O)N3CCC(=O)NC[C@H]3C)c2)c2ccccc2n1. The molecule has 0 radical (unpaired) electrons. The average Bonchev–Trinajstić information content (AvgIpc) is 2.88. The van der Waals surface area contributed by atoms with Gasteiger partial charge in [0, 0.05) is 42.1 Å². The molecule has 0 spiro atoms. The van der Waals surface area contributed by atoms with Crippen molar-refractivity contribution < 1.29 is 9.59 Å². The van der Waals surface area contributed by atoms with E-state index in [1.165, 1.54) is 0 Å². The van der Waals surface area contributed by atoms with Gasteiger partial charge in [0.05, 0.1) is 11.2 Å². The van der Waals surface area contributed by atoms with Gasteiger partial charge >= 0.3 is 0 Å². The molecule has 1 aliphatic heterocycles. The van der Waals surface area contributed by atoms with E-state index in [1.807, 2.05) is 62.4 Å². The van der Waals surface area contributed by atoms with E-state index in [4.69, 9.17) is 0 Å². The second kappa shape index (κ2) is 7.38. The lowest BCUT2D eigenvalue weighted by Crippen LogP contribution is -2.41. The normalized spacial score (nSPS) is 17.3. The Kier molecular flexibility index (Phi) is 4.77. The summed E-state index contributed by atoms with van der Waals surface area (Å²) in [5.74, 6) is 0.607. The highest BCUT2D eigenvalue weighted by molar-refractivity contribution is 5.98. The fraction of sp³-hybridized carbons (Fsp3) is 0.273. The molecule has 0 bridgehead atoms. The van der Waals surface area contributed by atoms with Crippen molar-refractivity contribution in [1.82, 2.24) is 20.2 Å². The fourth-order valence-corrected chi connectivity index (χ4v) is 3.58. The van der Waals surface area contributed by atoms with E-state index in [9.17, 15) is 9.59 Å². The molecule has 1 aliphatic rings. The zero-order valence-electron chi connectivity index (χ0n) is 16.0. The number of carbonyl (C=O) groups is 2. The van der Waals surface area contributed by atoms with Crippen molar-refractivity contribution in [3.05, 3.63) is 59.9 Å². The molecule has 2 aromatic carbocycles. The maximum Gasteiger partial charge on any atom is 0.254 e. The first kappa shape index (κ1) is 18.1. The molecule has 142 valence electrons. The number of amides is 2. The summed E-state index contributed by atoms with van der Waals surface area (Å²) < 4.78 is 0. The lowest BCUT2D eigenvalue weighted by Gasteiger charge is -2.26. The molecule has 3 aromatic rings. The summed E-state index contributed by atoms with van der Waals surface area (Å²) in [6.45, 7) is 4.72. The van der Waals surface area contributed by atoms with Crippen LogP contribution in [0.2, 0.25) is 0 Å². The quantitative estimate of drug-likeness (QED) is 0.748. The molecular weight excluding hydrogens is 352 g/mol. The van der Waals surface area contributed by atoms with Crippen molar-refractivity contribution >= 4 is 22.7 Å².